The van der Waals surface area contributed by atoms with Crippen LogP contribution in [0.3, 0.4) is 0 Å². The smallest absolute Gasteiger partial charge is 0.240 e. The summed E-state index contributed by atoms with van der Waals surface area (Å²) < 4.78 is 31.4. The molecular weight excluding hydrogens is 266 g/mol. The summed E-state index contributed by atoms with van der Waals surface area (Å²) in [5.74, 6) is 5.17. The third-order valence-corrected chi connectivity index (χ3v) is 3.99. The van der Waals surface area contributed by atoms with E-state index >= 15 is 0 Å². The average Bonchev–Trinajstić information content (AvgIpc) is 2.37. The summed E-state index contributed by atoms with van der Waals surface area (Å²) in [7, 11) is -2.07. The molecule has 19 heavy (non-hydrogen) atoms. The lowest BCUT2D eigenvalue weighted by atomic mass is 10.1. The third-order valence-electron chi connectivity index (χ3n) is 2.39. The zero-order chi connectivity index (χ0) is 14.3. The Morgan fingerprint density at radius 2 is 2.16 bits per heavy atom. The number of methoxy groups -OCH3 is 1. The molecule has 0 spiro atoms. The summed E-state index contributed by atoms with van der Waals surface area (Å²) in [6, 6.07) is 4.89. The molecule has 5 nitrogen and oxygen atoms in total. The highest BCUT2D eigenvalue weighted by molar-refractivity contribution is 7.89. The predicted octanol–water partition coefficient (Wildman–Crippen LogP) is 0.264. The molecule has 0 heterocycles. The van der Waals surface area contributed by atoms with Crippen LogP contribution in [-0.2, 0) is 14.8 Å². The van der Waals surface area contributed by atoms with Crippen LogP contribution in [0.5, 0.6) is 0 Å². The lowest BCUT2D eigenvalue weighted by Crippen LogP contribution is -2.27. The molecule has 0 aliphatic carbocycles. The van der Waals surface area contributed by atoms with Crippen LogP contribution in [-0.4, -0.2) is 40.4 Å². The highest BCUT2D eigenvalue weighted by Gasteiger charge is 2.16. The molecule has 1 aromatic carbocycles. The maximum atomic E-state index is 12.1. The van der Waals surface area contributed by atoms with Crippen molar-refractivity contribution in [3.05, 3.63) is 29.3 Å². The van der Waals surface area contributed by atoms with E-state index in [1.54, 1.807) is 19.1 Å². The molecule has 0 fully saturated rings. The zero-order valence-corrected chi connectivity index (χ0v) is 11.8. The molecule has 0 saturated carbocycles. The highest BCUT2D eigenvalue weighted by atomic mass is 32.2. The van der Waals surface area contributed by atoms with E-state index in [0.29, 0.717) is 17.7 Å². The van der Waals surface area contributed by atoms with E-state index in [4.69, 9.17) is 9.84 Å². The largest absolute Gasteiger partial charge is 0.384 e. The normalized spacial score (nSPS) is 10.9. The van der Waals surface area contributed by atoms with Crippen molar-refractivity contribution < 1.29 is 18.3 Å². The van der Waals surface area contributed by atoms with Crippen LogP contribution in [0.4, 0.5) is 0 Å². The lowest BCUT2D eigenvalue weighted by molar-refractivity contribution is 0.204. The van der Waals surface area contributed by atoms with E-state index in [2.05, 4.69) is 16.6 Å². The molecule has 0 unspecified atom stereocenters. The first-order valence-electron chi connectivity index (χ1n) is 5.70. The summed E-state index contributed by atoms with van der Waals surface area (Å²) >= 11 is 0. The van der Waals surface area contributed by atoms with E-state index in [-0.39, 0.29) is 18.0 Å². The van der Waals surface area contributed by atoms with E-state index in [1.807, 2.05) is 0 Å². The average molecular weight is 283 g/mol. The minimum atomic E-state index is -3.57. The molecule has 0 saturated heterocycles. The monoisotopic (exact) mass is 283 g/mol. The van der Waals surface area contributed by atoms with Crippen LogP contribution in [0.2, 0.25) is 0 Å². The topological polar surface area (TPSA) is 75.6 Å². The number of hydrogen-bond donors (Lipinski definition) is 2. The quantitative estimate of drug-likeness (QED) is 0.600. The predicted molar refractivity (Wildman–Crippen MR) is 72.2 cm³/mol. The van der Waals surface area contributed by atoms with Crippen LogP contribution < -0.4 is 4.72 Å². The Hall–Kier alpha value is -1.39. The number of ether oxygens (including phenoxy) is 1. The number of rotatable bonds is 5. The van der Waals surface area contributed by atoms with Gasteiger partial charge in [-0.15, -0.1) is 0 Å². The zero-order valence-electron chi connectivity index (χ0n) is 10.9. The fraction of sp³-hybridized carbons (Fsp3) is 0.385. The van der Waals surface area contributed by atoms with Gasteiger partial charge in [0, 0.05) is 19.2 Å². The Labute approximate surface area is 113 Å². The van der Waals surface area contributed by atoms with Crippen molar-refractivity contribution in [2.75, 3.05) is 26.9 Å². The van der Waals surface area contributed by atoms with E-state index in [9.17, 15) is 8.42 Å². The molecule has 1 rings (SSSR count). The van der Waals surface area contributed by atoms with Gasteiger partial charge in [0.2, 0.25) is 10.0 Å². The number of aryl methyl sites for hydroxylation is 1. The Morgan fingerprint density at radius 3 is 2.79 bits per heavy atom. The molecule has 0 aliphatic heterocycles. The van der Waals surface area contributed by atoms with E-state index in [1.165, 1.54) is 13.2 Å². The van der Waals surface area contributed by atoms with Crippen molar-refractivity contribution >= 4 is 10.0 Å². The Balaban J connectivity index is 3.04. The Morgan fingerprint density at radius 1 is 1.42 bits per heavy atom. The first-order chi connectivity index (χ1) is 9.01. The number of nitrogens with one attached hydrogen (secondary N) is 1. The van der Waals surface area contributed by atoms with Gasteiger partial charge in [-0.25, -0.2) is 13.1 Å². The second kappa shape index (κ2) is 7.26. The van der Waals surface area contributed by atoms with E-state index < -0.39 is 10.0 Å². The van der Waals surface area contributed by atoms with Crippen LogP contribution in [0, 0.1) is 18.8 Å². The van der Waals surface area contributed by atoms with Crippen molar-refractivity contribution in [2.45, 2.75) is 11.8 Å². The molecule has 0 aliphatic rings. The summed E-state index contributed by atoms with van der Waals surface area (Å²) in [6.45, 7) is 1.98. The molecule has 2 N–H and O–H groups in total. The maximum absolute atomic E-state index is 12.1. The molecule has 0 radical (unpaired) electrons. The van der Waals surface area contributed by atoms with Crippen LogP contribution in [0.15, 0.2) is 23.1 Å². The third kappa shape index (κ3) is 4.65. The molecule has 104 valence electrons. The minimum Gasteiger partial charge on any atom is -0.384 e. The summed E-state index contributed by atoms with van der Waals surface area (Å²) in [6.07, 6.45) is 0. The van der Waals surface area contributed by atoms with Gasteiger partial charge in [-0.1, -0.05) is 17.9 Å². The second-order valence-electron chi connectivity index (χ2n) is 3.83. The van der Waals surface area contributed by atoms with Crippen molar-refractivity contribution in [1.82, 2.24) is 4.72 Å². The maximum Gasteiger partial charge on any atom is 0.240 e. The molecule has 0 amide bonds. The fourth-order valence-electron chi connectivity index (χ4n) is 1.46. The lowest BCUT2D eigenvalue weighted by Gasteiger charge is -2.09. The second-order valence-corrected chi connectivity index (χ2v) is 5.57. The van der Waals surface area contributed by atoms with Crippen molar-refractivity contribution in [3.63, 3.8) is 0 Å². The molecular formula is C13H17NO4S. The Bertz CT molecular complexity index is 584. The van der Waals surface area contributed by atoms with Crippen LogP contribution in [0.1, 0.15) is 11.1 Å². The summed E-state index contributed by atoms with van der Waals surface area (Å²) in [5, 5.41) is 8.64. The molecule has 1 aromatic rings. The summed E-state index contributed by atoms with van der Waals surface area (Å²) in [4.78, 5) is 0.188. The van der Waals surface area contributed by atoms with Gasteiger partial charge in [0.15, 0.2) is 0 Å². The SMILES string of the molecule is COCCNS(=O)(=O)c1cc(C#CCO)ccc1C. The van der Waals surface area contributed by atoms with Crippen LogP contribution in [0.25, 0.3) is 0 Å². The standard InChI is InChI=1S/C13H17NO4S/c1-11-5-6-12(4-3-8-15)10-13(11)19(16,17)14-7-9-18-2/h5-6,10,14-15H,7-9H2,1-2H3. The first kappa shape index (κ1) is 15.7. The number of sulfonamides is 1. The van der Waals surface area contributed by atoms with Gasteiger partial charge in [-0.3, -0.25) is 0 Å². The number of benzene rings is 1. The molecule has 0 aromatic heterocycles. The van der Waals surface area contributed by atoms with Gasteiger partial charge in [-0.2, -0.15) is 0 Å². The first-order valence-corrected chi connectivity index (χ1v) is 7.18. The van der Waals surface area contributed by atoms with Gasteiger partial charge in [-0.05, 0) is 24.6 Å². The number of aliphatic hydroxyl groups is 1. The van der Waals surface area contributed by atoms with Crippen LogP contribution >= 0.6 is 0 Å². The summed E-state index contributed by atoms with van der Waals surface area (Å²) in [5.41, 5.74) is 1.19. The minimum absolute atomic E-state index is 0.188. The molecule has 6 heteroatoms. The van der Waals surface area contributed by atoms with Gasteiger partial charge in [0.25, 0.3) is 0 Å². The van der Waals surface area contributed by atoms with Crippen molar-refractivity contribution in [3.8, 4) is 11.8 Å². The molecule has 0 bridgehead atoms. The molecule has 0 atom stereocenters. The van der Waals surface area contributed by atoms with E-state index in [0.717, 1.165) is 0 Å². The highest BCUT2D eigenvalue weighted by Crippen LogP contribution is 2.16. The van der Waals surface area contributed by atoms with Gasteiger partial charge < -0.3 is 9.84 Å². The van der Waals surface area contributed by atoms with Gasteiger partial charge >= 0.3 is 0 Å². The Kier molecular flexibility index (Phi) is 5.99. The fourth-order valence-corrected chi connectivity index (χ4v) is 2.75. The number of aliphatic hydroxyl groups excluding tert-OH is 1. The van der Waals surface area contributed by atoms with Crippen molar-refractivity contribution in [2.24, 2.45) is 0 Å². The van der Waals surface area contributed by atoms with Gasteiger partial charge in [0.1, 0.15) is 6.61 Å². The number of hydrogen-bond acceptors (Lipinski definition) is 4. The van der Waals surface area contributed by atoms with Gasteiger partial charge in [0.05, 0.1) is 11.5 Å². The van der Waals surface area contributed by atoms with Crippen molar-refractivity contribution in [1.29, 1.82) is 0 Å².